The Kier molecular flexibility index (Phi) is 3.96. The van der Waals surface area contributed by atoms with Gasteiger partial charge in [-0.2, -0.15) is 5.26 Å². The molecule has 1 fully saturated rings. The highest BCUT2D eigenvalue weighted by Crippen LogP contribution is 2.11. The summed E-state index contributed by atoms with van der Waals surface area (Å²) in [5.74, 6) is 0.0388. The highest BCUT2D eigenvalue weighted by molar-refractivity contribution is 5.82. The topological polar surface area (TPSA) is 70.1 Å². The van der Waals surface area contributed by atoms with Crippen LogP contribution in [0.2, 0.25) is 0 Å². The Bertz CT molecular complexity index is 455. The molecule has 1 atom stereocenters. The Labute approximate surface area is 107 Å². The summed E-state index contributed by atoms with van der Waals surface area (Å²) in [6, 6.07) is 8.81. The monoisotopic (exact) mass is 243 g/mol. The molecule has 0 radical (unpaired) electrons. The van der Waals surface area contributed by atoms with Crippen molar-refractivity contribution in [2.24, 2.45) is 5.73 Å². The number of benzene rings is 1. The summed E-state index contributed by atoms with van der Waals surface area (Å²) in [5, 5.41) is 8.71. The molecular formula is C14H17N3O. The third-order valence-corrected chi connectivity index (χ3v) is 3.27. The van der Waals surface area contributed by atoms with Gasteiger partial charge in [-0.1, -0.05) is 12.1 Å². The molecule has 2 N–H and O–H groups in total. The van der Waals surface area contributed by atoms with Crippen LogP contribution in [0.15, 0.2) is 24.3 Å². The van der Waals surface area contributed by atoms with Crippen molar-refractivity contribution in [3.05, 3.63) is 35.4 Å². The molecule has 4 heteroatoms. The average Bonchev–Trinajstić information content (AvgIpc) is 2.92. The molecule has 1 aromatic carbocycles. The first-order valence-corrected chi connectivity index (χ1v) is 6.24. The quantitative estimate of drug-likeness (QED) is 0.862. The van der Waals surface area contributed by atoms with Crippen molar-refractivity contribution in [1.82, 2.24) is 4.90 Å². The minimum absolute atomic E-state index is 0.0388. The highest BCUT2D eigenvalue weighted by Gasteiger charge is 2.23. The van der Waals surface area contributed by atoms with Crippen LogP contribution in [0.25, 0.3) is 0 Å². The molecule has 0 spiro atoms. The van der Waals surface area contributed by atoms with E-state index in [1.165, 1.54) is 0 Å². The van der Waals surface area contributed by atoms with Crippen molar-refractivity contribution in [2.45, 2.75) is 25.3 Å². The summed E-state index contributed by atoms with van der Waals surface area (Å²) in [6.45, 7) is 1.67. The summed E-state index contributed by atoms with van der Waals surface area (Å²) >= 11 is 0. The van der Waals surface area contributed by atoms with Crippen LogP contribution in [0.4, 0.5) is 0 Å². The van der Waals surface area contributed by atoms with E-state index in [1.807, 2.05) is 17.0 Å². The molecule has 1 heterocycles. The maximum atomic E-state index is 12.0. The Morgan fingerprint density at radius 3 is 2.50 bits per heavy atom. The number of nitrogens with zero attached hydrogens (tertiary/aromatic N) is 2. The number of carbonyl (C=O) groups excluding carboxylic acids is 1. The zero-order chi connectivity index (χ0) is 13.0. The summed E-state index contributed by atoms with van der Waals surface area (Å²) in [7, 11) is 0. The number of nitrogens with two attached hydrogens (primary N) is 1. The van der Waals surface area contributed by atoms with Crippen molar-refractivity contribution >= 4 is 5.91 Å². The third-order valence-electron chi connectivity index (χ3n) is 3.27. The van der Waals surface area contributed by atoms with Crippen LogP contribution in [-0.2, 0) is 11.2 Å². The normalized spacial score (nSPS) is 16.3. The molecule has 18 heavy (non-hydrogen) atoms. The van der Waals surface area contributed by atoms with Gasteiger partial charge in [0.2, 0.25) is 5.91 Å². The number of hydrogen-bond donors (Lipinski definition) is 1. The van der Waals surface area contributed by atoms with Crippen molar-refractivity contribution < 1.29 is 4.79 Å². The standard InChI is InChI=1S/C14H17N3O/c15-10-12-5-3-11(4-6-12)9-13(16)14(18)17-7-1-2-8-17/h3-6,13H,1-2,7-9,16H2/t13-/m1/s1. The zero-order valence-corrected chi connectivity index (χ0v) is 10.3. The van der Waals surface area contributed by atoms with Gasteiger partial charge >= 0.3 is 0 Å². The third kappa shape index (κ3) is 2.88. The van der Waals surface area contributed by atoms with Gasteiger partial charge in [-0.3, -0.25) is 4.79 Å². The molecule has 1 aliphatic rings. The minimum Gasteiger partial charge on any atom is -0.341 e. The van der Waals surface area contributed by atoms with Crippen molar-refractivity contribution in [1.29, 1.82) is 5.26 Å². The number of likely N-dealkylation sites (tertiary alicyclic amines) is 1. The summed E-state index contributed by atoms with van der Waals surface area (Å²) in [6.07, 6.45) is 2.69. The average molecular weight is 243 g/mol. The summed E-state index contributed by atoms with van der Waals surface area (Å²) in [4.78, 5) is 13.9. The van der Waals surface area contributed by atoms with Crippen molar-refractivity contribution in [3.8, 4) is 6.07 Å². The van der Waals surface area contributed by atoms with Crippen LogP contribution in [0.1, 0.15) is 24.0 Å². The Balaban J connectivity index is 1.95. The highest BCUT2D eigenvalue weighted by atomic mass is 16.2. The first kappa shape index (κ1) is 12.6. The number of rotatable bonds is 3. The van der Waals surface area contributed by atoms with Gasteiger partial charge in [-0.15, -0.1) is 0 Å². The van der Waals surface area contributed by atoms with E-state index in [4.69, 9.17) is 11.0 Å². The fraction of sp³-hybridized carbons (Fsp3) is 0.429. The summed E-state index contributed by atoms with van der Waals surface area (Å²) < 4.78 is 0. The van der Waals surface area contributed by atoms with Crippen LogP contribution in [0, 0.1) is 11.3 Å². The van der Waals surface area contributed by atoms with Gasteiger partial charge in [0, 0.05) is 13.1 Å². The molecule has 1 aromatic rings. The van der Waals surface area contributed by atoms with Gasteiger partial charge in [-0.05, 0) is 37.0 Å². The molecule has 0 saturated carbocycles. The van der Waals surface area contributed by atoms with E-state index in [0.29, 0.717) is 12.0 Å². The molecule has 0 unspecified atom stereocenters. The molecule has 1 saturated heterocycles. The smallest absolute Gasteiger partial charge is 0.239 e. The van der Waals surface area contributed by atoms with Crippen molar-refractivity contribution in [2.75, 3.05) is 13.1 Å². The lowest BCUT2D eigenvalue weighted by Crippen LogP contribution is -2.43. The number of hydrogen-bond acceptors (Lipinski definition) is 3. The van der Waals surface area contributed by atoms with Gasteiger partial charge < -0.3 is 10.6 Å². The van der Waals surface area contributed by atoms with Gasteiger partial charge in [0.05, 0.1) is 17.7 Å². The second kappa shape index (κ2) is 5.65. The molecule has 1 amide bonds. The molecule has 0 aromatic heterocycles. The van der Waals surface area contributed by atoms with E-state index >= 15 is 0 Å². The van der Waals surface area contributed by atoms with Gasteiger partial charge in [0.1, 0.15) is 0 Å². The predicted molar refractivity (Wildman–Crippen MR) is 68.7 cm³/mol. The zero-order valence-electron chi connectivity index (χ0n) is 10.3. The van der Waals surface area contributed by atoms with E-state index in [1.54, 1.807) is 12.1 Å². The van der Waals surface area contributed by atoms with Crippen LogP contribution >= 0.6 is 0 Å². The van der Waals surface area contributed by atoms with Gasteiger partial charge in [-0.25, -0.2) is 0 Å². The maximum absolute atomic E-state index is 12.0. The van der Waals surface area contributed by atoms with Crippen molar-refractivity contribution in [3.63, 3.8) is 0 Å². The lowest BCUT2D eigenvalue weighted by Gasteiger charge is -2.20. The second-order valence-electron chi connectivity index (χ2n) is 4.65. The van der Waals surface area contributed by atoms with Crippen LogP contribution in [0.3, 0.4) is 0 Å². The maximum Gasteiger partial charge on any atom is 0.239 e. The predicted octanol–water partition coefficient (Wildman–Crippen LogP) is 1.05. The number of carbonyl (C=O) groups is 1. The lowest BCUT2D eigenvalue weighted by atomic mass is 10.0. The Morgan fingerprint density at radius 2 is 1.94 bits per heavy atom. The fourth-order valence-corrected chi connectivity index (χ4v) is 2.23. The number of nitriles is 1. The van der Waals surface area contributed by atoms with Gasteiger partial charge in [0.15, 0.2) is 0 Å². The van der Waals surface area contributed by atoms with E-state index in [2.05, 4.69) is 6.07 Å². The molecule has 0 bridgehead atoms. The minimum atomic E-state index is -0.476. The molecular weight excluding hydrogens is 226 g/mol. The van der Waals surface area contributed by atoms with E-state index in [-0.39, 0.29) is 5.91 Å². The summed E-state index contributed by atoms with van der Waals surface area (Å²) in [5.41, 5.74) is 7.56. The second-order valence-corrected chi connectivity index (χ2v) is 4.65. The number of amides is 1. The molecule has 1 aliphatic heterocycles. The van der Waals surface area contributed by atoms with Crippen LogP contribution in [-0.4, -0.2) is 29.9 Å². The Hall–Kier alpha value is -1.86. The fourth-order valence-electron chi connectivity index (χ4n) is 2.23. The SMILES string of the molecule is N#Cc1ccc(C[C@@H](N)C(=O)N2CCCC2)cc1. The Morgan fingerprint density at radius 1 is 1.33 bits per heavy atom. The first-order chi connectivity index (χ1) is 8.70. The van der Waals surface area contributed by atoms with Gasteiger partial charge in [0.25, 0.3) is 0 Å². The molecule has 4 nitrogen and oxygen atoms in total. The first-order valence-electron chi connectivity index (χ1n) is 6.24. The largest absolute Gasteiger partial charge is 0.341 e. The van der Waals surface area contributed by atoms with E-state index in [9.17, 15) is 4.79 Å². The molecule has 0 aliphatic carbocycles. The molecule has 94 valence electrons. The van der Waals surface area contributed by atoms with E-state index in [0.717, 1.165) is 31.5 Å². The van der Waals surface area contributed by atoms with Crippen LogP contribution < -0.4 is 5.73 Å². The molecule has 2 rings (SSSR count). The van der Waals surface area contributed by atoms with Crippen LogP contribution in [0.5, 0.6) is 0 Å². The van der Waals surface area contributed by atoms with E-state index < -0.39 is 6.04 Å². The lowest BCUT2D eigenvalue weighted by molar-refractivity contribution is -0.131.